The first-order chi connectivity index (χ1) is 8.92. The third-order valence-electron chi connectivity index (χ3n) is 2.39. The first kappa shape index (κ1) is 10.8. The van der Waals surface area contributed by atoms with E-state index in [4.69, 9.17) is 0 Å². The minimum absolute atomic E-state index is 0.591. The minimum Gasteiger partial charge on any atom is -0.379 e. The molecule has 0 amide bonds. The van der Waals surface area contributed by atoms with Gasteiger partial charge in [-0.15, -0.1) is 21.5 Å². The van der Waals surface area contributed by atoms with Crippen LogP contribution in [0.1, 0.15) is 5.01 Å². The molecule has 0 aliphatic carbocycles. The number of thiazole rings is 1. The van der Waals surface area contributed by atoms with Crippen molar-refractivity contribution in [3.8, 4) is 11.4 Å². The van der Waals surface area contributed by atoms with Gasteiger partial charge in [-0.2, -0.15) is 5.21 Å². The van der Waals surface area contributed by atoms with E-state index in [0.717, 1.165) is 16.3 Å². The summed E-state index contributed by atoms with van der Waals surface area (Å²) in [6.07, 6.45) is 1.80. The Hall–Kier alpha value is -2.28. The van der Waals surface area contributed by atoms with Crippen molar-refractivity contribution < 1.29 is 0 Å². The molecular weight excluding hydrogens is 248 g/mol. The van der Waals surface area contributed by atoms with Crippen molar-refractivity contribution in [2.45, 2.75) is 6.54 Å². The number of nitrogens with one attached hydrogen (secondary N) is 2. The summed E-state index contributed by atoms with van der Waals surface area (Å²) in [5, 5.41) is 20.2. The molecular formula is C11H10N6S. The molecule has 1 aromatic carbocycles. The zero-order chi connectivity index (χ0) is 12.2. The van der Waals surface area contributed by atoms with Crippen LogP contribution < -0.4 is 5.32 Å². The highest BCUT2D eigenvalue weighted by molar-refractivity contribution is 7.09. The average Bonchev–Trinajstić information content (AvgIpc) is 3.10. The SMILES string of the molecule is c1cc(NCc2nccs2)cc(-c2nn[nH]n2)c1. The van der Waals surface area contributed by atoms with Crippen LogP contribution in [0.25, 0.3) is 11.4 Å². The number of aromatic nitrogens is 5. The van der Waals surface area contributed by atoms with E-state index in [2.05, 4.69) is 30.9 Å². The third kappa shape index (κ3) is 2.35. The molecule has 0 aliphatic heterocycles. The number of anilines is 1. The van der Waals surface area contributed by atoms with Gasteiger partial charge in [-0.05, 0) is 17.3 Å². The standard InChI is InChI=1S/C11H10N6S/c1-2-8(11-14-16-17-15-11)6-9(3-1)13-7-10-12-4-5-18-10/h1-6,13H,7H2,(H,14,15,16,17). The van der Waals surface area contributed by atoms with Gasteiger partial charge in [0, 0.05) is 22.8 Å². The Kier molecular flexibility index (Phi) is 2.97. The second-order valence-electron chi connectivity index (χ2n) is 3.60. The van der Waals surface area contributed by atoms with E-state index in [-0.39, 0.29) is 0 Å². The molecule has 0 unspecified atom stereocenters. The molecule has 2 N–H and O–H groups in total. The van der Waals surface area contributed by atoms with E-state index in [9.17, 15) is 0 Å². The second kappa shape index (κ2) is 4.92. The van der Waals surface area contributed by atoms with Crippen LogP contribution in [0, 0.1) is 0 Å². The number of H-pyrrole nitrogens is 1. The summed E-state index contributed by atoms with van der Waals surface area (Å²) in [7, 11) is 0. The highest BCUT2D eigenvalue weighted by Gasteiger charge is 2.03. The van der Waals surface area contributed by atoms with E-state index < -0.39 is 0 Å². The molecule has 3 aromatic rings. The van der Waals surface area contributed by atoms with E-state index in [0.29, 0.717) is 12.4 Å². The molecule has 0 fully saturated rings. The Labute approximate surface area is 107 Å². The predicted octanol–water partition coefficient (Wildman–Crippen LogP) is 1.94. The number of hydrogen-bond donors (Lipinski definition) is 2. The van der Waals surface area contributed by atoms with Gasteiger partial charge in [0.1, 0.15) is 5.01 Å². The first-order valence-corrected chi connectivity index (χ1v) is 6.26. The van der Waals surface area contributed by atoms with E-state index in [1.54, 1.807) is 17.5 Å². The van der Waals surface area contributed by atoms with Crippen LogP contribution in [-0.2, 0) is 6.54 Å². The van der Waals surface area contributed by atoms with Crippen LogP contribution in [0.2, 0.25) is 0 Å². The summed E-state index contributed by atoms with van der Waals surface area (Å²) in [6.45, 7) is 0.716. The smallest absolute Gasteiger partial charge is 0.204 e. The number of benzene rings is 1. The van der Waals surface area contributed by atoms with Crippen LogP contribution in [0.4, 0.5) is 5.69 Å². The minimum atomic E-state index is 0.591. The lowest BCUT2D eigenvalue weighted by Crippen LogP contribution is -1.98. The first-order valence-electron chi connectivity index (χ1n) is 5.38. The molecule has 0 saturated heterocycles. The molecule has 18 heavy (non-hydrogen) atoms. The van der Waals surface area contributed by atoms with Crippen molar-refractivity contribution >= 4 is 17.0 Å². The van der Waals surface area contributed by atoms with Crippen molar-refractivity contribution in [1.29, 1.82) is 0 Å². The van der Waals surface area contributed by atoms with Gasteiger partial charge in [0.15, 0.2) is 0 Å². The van der Waals surface area contributed by atoms with Crippen LogP contribution in [0.3, 0.4) is 0 Å². The summed E-state index contributed by atoms with van der Waals surface area (Å²) in [5.41, 5.74) is 1.93. The fourth-order valence-electron chi connectivity index (χ4n) is 1.57. The van der Waals surface area contributed by atoms with Gasteiger partial charge in [-0.1, -0.05) is 12.1 Å². The second-order valence-corrected chi connectivity index (χ2v) is 4.57. The highest BCUT2D eigenvalue weighted by atomic mass is 32.1. The fourth-order valence-corrected chi connectivity index (χ4v) is 2.13. The third-order valence-corrected chi connectivity index (χ3v) is 3.17. The quantitative estimate of drug-likeness (QED) is 0.747. The van der Waals surface area contributed by atoms with E-state index in [1.165, 1.54) is 0 Å². The maximum atomic E-state index is 4.22. The van der Waals surface area contributed by atoms with E-state index in [1.807, 2.05) is 29.6 Å². The summed E-state index contributed by atoms with van der Waals surface area (Å²) >= 11 is 1.63. The molecule has 0 bridgehead atoms. The van der Waals surface area contributed by atoms with Gasteiger partial charge < -0.3 is 5.32 Å². The lowest BCUT2D eigenvalue weighted by molar-refractivity contribution is 0.881. The summed E-state index contributed by atoms with van der Waals surface area (Å²) < 4.78 is 0. The number of tetrazole rings is 1. The van der Waals surface area contributed by atoms with Gasteiger partial charge in [-0.3, -0.25) is 0 Å². The van der Waals surface area contributed by atoms with Crippen LogP contribution in [0.5, 0.6) is 0 Å². The Morgan fingerprint density at radius 3 is 3.11 bits per heavy atom. The zero-order valence-corrected chi connectivity index (χ0v) is 10.2. The van der Waals surface area contributed by atoms with Crippen LogP contribution in [-0.4, -0.2) is 25.6 Å². The van der Waals surface area contributed by atoms with Gasteiger partial charge in [0.2, 0.25) is 5.82 Å². The molecule has 0 atom stereocenters. The predicted molar refractivity (Wildman–Crippen MR) is 69.1 cm³/mol. The number of rotatable bonds is 4. The van der Waals surface area contributed by atoms with Crippen molar-refractivity contribution in [2.24, 2.45) is 0 Å². The molecule has 0 saturated carbocycles. The van der Waals surface area contributed by atoms with Gasteiger partial charge in [0.25, 0.3) is 0 Å². The average molecular weight is 258 g/mol. The molecule has 0 aliphatic rings. The maximum absolute atomic E-state index is 4.22. The summed E-state index contributed by atoms with van der Waals surface area (Å²) in [5.74, 6) is 0.591. The van der Waals surface area contributed by atoms with Gasteiger partial charge >= 0.3 is 0 Å². The van der Waals surface area contributed by atoms with Crippen LogP contribution in [0.15, 0.2) is 35.8 Å². The maximum Gasteiger partial charge on any atom is 0.204 e. The summed E-state index contributed by atoms with van der Waals surface area (Å²) in [6, 6.07) is 7.88. The molecule has 7 heteroatoms. The number of aromatic amines is 1. The van der Waals surface area contributed by atoms with Crippen LogP contribution >= 0.6 is 11.3 Å². The molecule has 6 nitrogen and oxygen atoms in total. The molecule has 0 spiro atoms. The number of hydrogen-bond acceptors (Lipinski definition) is 6. The Balaban J connectivity index is 1.75. The van der Waals surface area contributed by atoms with E-state index >= 15 is 0 Å². The number of nitrogens with zero attached hydrogens (tertiary/aromatic N) is 4. The largest absolute Gasteiger partial charge is 0.379 e. The Morgan fingerprint density at radius 2 is 2.33 bits per heavy atom. The van der Waals surface area contributed by atoms with Crippen molar-refractivity contribution in [1.82, 2.24) is 25.6 Å². The topological polar surface area (TPSA) is 79.4 Å². The summed E-state index contributed by atoms with van der Waals surface area (Å²) in [4.78, 5) is 4.22. The van der Waals surface area contributed by atoms with Gasteiger partial charge in [0.05, 0.1) is 6.54 Å². The highest BCUT2D eigenvalue weighted by Crippen LogP contribution is 2.19. The monoisotopic (exact) mass is 258 g/mol. The molecule has 90 valence electrons. The molecule has 2 heterocycles. The molecule has 2 aromatic heterocycles. The normalized spacial score (nSPS) is 10.4. The fraction of sp³-hybridized carbons (Fsp3) is 0.0909. The van der Waals surface area contributed by atoms with Crippen molar-refractivity contribution in [3.63, 3.8) is 0 Å². The molecule has 3 rings (SSSR count). The Bertz CT molecular complexity index is 604. The Morgan fingerprint density at radius 1 is 1.33 bits per heavy atom. The zero-order valence-electron chi connectivity index (χ0n) is 9.37. The van der Waals surface area contributed by atoms with Crippen molar-refractivity contribution in [3.05, 3.63) is 40.8 Å². The lowest BCUT2D eigenvalue weighted by atomic mass is 10.2. The van der Waals surface area contributed by atoms with Gasteiger partial charge in [-0.25, -0.2) is 4.98 Å². The van der Waals surface area contributed by atoms with Crippen molar-refractivity contribution in [2.75, 3.05) is 5.32 Å². The molecule has 0 radical (unpaired) electrons. The lowest BCUT2D eigenvalue weighted by Gasteiger charge is -2.05.